The Morgan fingerprint density at radius 3 is 2.54 bits per heavy atom. The molecule has 0 aliphatic rings. The number of hydrogen-bond donors (Lipinski definition) is 1. The third kappa shape index (κ3) is 7.13. The summed E-state index contributed by atoms with van der Waals surface area (Å²) >= 11 is 0. The second kappa shape index (κ2) is 11.6. The van der Waals surface area contributed by atoms with E-state index in [4.69, 9.17) is 4.74 Å². The predicted octanol–water partition coefficient (Wildman–Crippen LogP) is 2.75. The lowest BCUT2D eigenvalue weighted by atomic mass is 10.1. The van der Waals surface area contributed by atoms with Crippen molar-refractivity contribution in [2.75, 3.05) is 19.8 Å². The van der Waals surface area contributed by atoms with E-state index in [1.165, 1.54) is 0 Å². The summed E-state index contributed by atoms with van der Waals surface area (Å²) in [4.78, 5) is 26.5. The van der Waals surface area contributed by atoms with E-state index in [2.05, 4.69) is 5.32 Å². The van der Waals surface area contributed by atoms with Crippen molar-refractivity contribution in [1.29, 1.82) is 0 Å². The van der Waals surface area contributed by atoms with Gasteiger partial charge in [0.05, 0.1) is 0 Å². The van der Waals surface area contributed by atoms with Crippen LogP contribution in [0.15, 0.2) is 30.3 Å². The first-order chi connectivity index (χ1) is 11.6. The molecule has 1 aromatic carbocycles. The highest BCUT2D eigenvalue weighted by atomic mass is 16.5. The molecule has 0 aliphatic carbocycles. The van der Waals surface area contributed by atoms with Gasteiger partial charge in [-0.25, -0.2) is 0 Å². The Labute approximate surface area is 145 Å². The van der Waals surface area contributed by atoms with E-state index in [1.54, 1.807) is 11.8 Å². The van der Waals surface area contributed by atoms with Crippen LogP contribution < -0.4 is 5.32 Å². The van der Waals surface area contributed by atoms with Crippen molar-refractivity contribution in [2.24, 2.45) is 0 Å². The molecule has 1 atom stereocenters. The smallest absolute Gasteiger partial charge is 0.242 e. The van der Waals surface area contributed by atoms with Gasteiger partial charge in [-0.15, -0.1) is 0 Å². The lowest BCUT2D eigenvalue weighted by Crippen LogP contribution is -2.47. The van der Waals surface area contributed by atoms with Gasteiger partial charge in [-0.2, -0.15) is 0 Å². The van der Waals surface area contributed by atoms with E-state index in [9.17, 15) is 9.59 Å². The van der Waals surface area contributed by atoms with E-state index < -0.39 is 6.04 Å². The van der Waals surface area contributed by atoms with Crippen molar-refractivity contribution < 1.29 is 14.3 Å². The zero-order valence-corrected chi connectivity index (χ0v) is 15.1. The minimum Gasteiger partial charge on any atom is -0.382 e. The van der Waals surface area contributed by atoms with Crippen LogP contribution in [-0.4, -0.2) is 42.5 Å². The van der Waals surface area contributed by atoms with Crippen LogP contribution in [0.25, 0.3) is 0 Å². The minimum atomic E-state index is -0.489. The SMILES string of the molecule is CCCC(=O)N(Cc1ccccc1)C(C)C(=O)NCCCOCC. The number of nitrogens with one attached hydrogen (secondary N) is 1. The molecule has 0 bridgehead atoms. The normalized spacial score (nSPS) is 11.8. The van der Waals surface area contributed by atoms with Crippen LogP contribution in [0.2, 0.25) is 0 Å². The maximum Gasteiger partial charge on any atom is 0.242 e. The van der Waals surface area contributed by atoms with Gasteiger partial charge in [0.25, 0.3) is 0 Å². The van der Waals surface area contributed by atoms with Crippen molar-refractivity contribution in [3.63, 3.8) is 0 Å². The predicted molar refractivity (Wildman–Crippen MR) is 95.5 cm³/mol. The summed E-state index contributed by atoms with van der Waals surface area (Å²) in [6.45, 7) is 8.03. The van der Waals surface area contributed by atoms with E-state index in [1.807, 2.05) is 44.2 Å². The van der Waals surface area contributed by atoms with E-state index in [0.717, 1.165) is 18.4 Å². The van der Waals surface area contributed by atoms with Crippen LogP contribution in [0.5, 0.6) is 0 Å². The summed E-state index contributed by atoms with van der Waals surface area (Å²) in [6.07, 6.45) is 2.00. The molecule has 0 heterocycles. The van der Waals surface area contributed by atoms with Gasteiger partial charge in [-0.3, -0.25) is 9.59 Å². The lowest BCUT2D eigenvalue weighted by Gasteiger charge is -2.28. The van der Waals surface area contributed by atoms with Crippen molar-refractivity contribution in [1.82, 2.24) is 10.2 Å². The molecule has 134 valence electrons. The first-order valence-corrected chi connectivity index (χ1v) is 8.79. The van der Waals surface area contributed by atoms with Crippen molar-refractivity contribution >= 4 is 11.8 Å². The highest BCUT2D eigenvalue weighted by Crippen LogP contribution is 2.11. The molecule has 2 amide bonds. The fraction of sp³-hybridized carbons (Fsp3) is 0.579. The number of benzene rings is 1. The number of carbonyl (C=O) groups excluding carboxylic acids is 2. The second-order valence-corrected chi connectivity index (χ2v) is 5.77. The molecular weight excluding hydrogens is 304 g/mol. The summed E-state index contributed by atoms with van der Waals surface area (Å²) in [6, 6.07) is 9.28. The fourth-order valence-electron chi connectivity index (χ4n) is 2.40. The first kappa shape index (κ1) is 20.2. The van der Waals surface area contributed by atoms with Crippen molar-refractivity contribution in [2.45, 2.75) is 52.6 Å². The molecule has 0 aliphatic heterocycles. The average molecular weight is 334 g/mol. The Bertz CT molecular complexity index is 491. The number of carbonyl (C=O) groups is 2. The molecule has 1 unspecified atom stereocenters. The molecular formula is C19H30N2O3. The van der Waals surface area contributed by atoms with Gasteiger partial charge in [0, 0.05) is 32.7 Å². The Hall–Kier alpha value is -1.88. The van der Waals surface area contributed by atoms with Gasteiger partial charge in [0.2, 0.25) is 11.8 Å². The second-order valence-electron chi connectivity index (χ2n) is 5.77. The Kier molecular flexibility index (Phi) is 9.77. The van der Waals surface area contributed by atoms with Crippen LogP contribution in [0.1, 0.15) is 45.6 Å². The number of nitrogens with zero attached hydrogens (tertiary/aromatic N) is 1. The summed E-state index contributed by atoms with van der Waals surface area (Å²) in [5.41, 5.74) is 1.03. The molecule has 0 spiro atoms. The van der Waals surface area contributed by atoms with Crippen LogP contribution in [0.3, 0.4) is 0 Å². The van der Waals surface area contributed by atoms with Crippen molar-refractivity contribution in [3.8, 4) is 0 Å². The molecule has 24 heavy (non-hydrogen) atoms. The maximum absolute atomic E-state index is 12.4. The molecule has 0 radical (unpaired) electrons. The Morgan fingerprint density at radius 2 is 1.92 bits per heavy atom. The molecule has 0 saturated heterocycles. The molecule has 0 aromatic heterocycles. The fourth-order valence-corrected chi connectivity index (χ4v) is 2.40. The van der Waals surface area contributed by atoms with E-state index >= 15 is 0 Å². The third-order valence-electron chi connectivity index (χ3n) is 3.80. The Balaban J connectivity index is 2.63. The topological polar surface area (TPSA) is 58.6 Å². The van der Waals surface area contributed by atoms with Gasteiger partial charge in [0.15, 0.2) is 0 Å². The summed E-state index contributed by atoms with van der Waals surface area (Å²) < 4.78 is 5.26. The van der Waals surface area contributed by atoms with E-state index in [0.29, 0.717) is 32.7 Å². The number of amides is 2. The molecule has 1 N–H and O–H groups in total. The third-order valence-corrected chi connectivity index (χ3v) is 3.80. The lowest BCUT2D eigenvalue weighted by molar-refractivity contribution is -0.140. The van der Waals surface area contributed by atoms with Gasteiger partial charge < -0.3 is 15.0 Å². The zero-order chi connectivity index (χ0) is 17.8. The van der Waals surface area contributed by atoms with Gasteiger partial charge >= 0.3 is 0 Å². The molecule has 5 nitrogen and oxygen atoms in total. The van der Waals surface area contributed by atoms with Gasteiger partial charge in [-0.1, -0.05) is 37.3 Å². The summed E-state index contributed by atoms with van der Waals surface area (Å²) in [5, 5.41) is 2.89. The average Bonchev–Trinajstić information content (AvgIpc) is 2.59. The largest absolute Gasteiger partial charge is 0.382 e. The number of ether oxygens (including phenoxy) is 1. The van der Waals surface area contributed by atoms with Gasteiger partial charge in [-0.05, 0) is 32.3 Å². The standard InChI is InChI=1S/C19H30N2O3/c1-4-10-18(22)21(15-17-11-7-6-8-12-17)16(3)19(23)20-13-9-14-24-5-2/h6-8,11-12,16H,4-5,9-10,13-15H2,1-3H3,(H,20,23). The number of rotatable bonds is 11. The van der Waals surface area contributed by atoms with Crippen LogP contribution in [0.4, 0.5) is 0 Å². The Morgan fingerprint density at radius 1 is 1.21 bits per heavy atom. The van der Waals surface area contributed by atoms with Crippen molar-refractivity contribution in [3.05, 3.63) is 35.9 Å². The molecule has 1 aromatic rings. The first-order valence-electron chi connectivity index (χ1n) is 8.79. The maximum atomic E-state index is 12.4. The number of hydrogen-bond acceptors (Lipinski definition) is 3. The van der Waals surface area contributed by atoms with Crippen LogP contribution in [0, 0.1) is 0 Å². The molecule has 5 heteroatoms. The van der Waals surface area contributed by atoms with Gasteiger partial charge in [0.1, 0.15) is 6.04 Å². The van der Waals surface area contributed by atoms with Crippen LogP contribution >= 0.6 is 0 Å². The molecule has 0 saturated carbocycles. The summed E-state index contributed by atoms with van der Waals surface area (Å²) in [5.74, 6) is -0.106. The van der Waals surface area contributed by atoms with E-state index in [-0.39, 0.29) is 11.8 Å². The quantitative estimate of drug-likeness (QED) is 0.633. The van der Waals surface area contributed by atoms with Crippen LogP contribution in [-0.2, 0) is 20.9 Å². The highest BCUT2D eigenvalue weighted by molar-refractivity contribution is 5.87. The molecule has 0 fully saturated rings. The monoisotopic (exact) mass is 334 g/mol. The minimum absolute atomic E-state index is 0.0123. The molecule has 1 rings (SSSR count). The highest BCUT2D eigenvalue weighted by Gasteiger charge is 2.25. The summed E-state index contributed by atoms with van der Waals surface area (Å²) in [7, 11) is 0. The zero-order valence-electron chi connectivity index (χ0n) is 15.1.